The van der Waals surface area contributed by atoms with Crippen LogP contribution in [0.3, 0.4) is 0 Å². The van der Waals surface area contributed by atoms with E-state index in [9.17, 15) is 14.4 Å². The number of ether oxygens (including phenoxy) is 1. The average molecular weight is 634 g/mol. The molecule has 0 spiro atoms. The molecule has 0 bridgehead atoms. The fourth-order valence-electron chi connectivity index (χ4n) is 5.86. The lowest BCUT2D eigenvalue weighted by atomic mass is 9.99. The van der Waals surface area contributed by atoms with Crippen LogP contribution in [0.1, 0.15) is 52.5 Å². The Hall–Kier alpha value is -4.25. The summed E-state index contributed by atoms with van der Waals surface area (Å²) in [6, 6.07) is 14.5. The summed E-state index contributed by atoms with van der Waals surface area (Å²) in [6.07, 6.45) is 3.14. The molecule has 12 heteroatoms. The summed E-state index contributed by atoms with van der Waals surface area (Å²) < 4.78 is 5.76. The van der Waals surface area contributed by atoms with Crippen LogP contribution in [-0.4, -0.2) is 46.7 Å². The number of hydrogen-bond donors (Lipinski definition) is 4. The van der Waals surface area contributed by atoms with E-state index in [1.54, 1.807) is 26.2 Å². The van der Waals surface area contributed by atoms with Crippen LogP contribution in [0, 0.1) is 6.92 Å². The van der Waals surface area contributed by atoms with Gasteiger partial charge in [0.2, 0.25) is 11.8 Å². The van der Waals surface area contributed by atoms with Crippen LogP contribution in [0.15, 0.2) is 53.3 Å². The minimum Gasteiger partial charge on any atom is -0.481 e. The Morgan fingerprint density at radius 1 is 1.02 bits per heavy atom. The molecule has 2 aliphatic rings. The van der Waals surface area contributed by atoms with Gasteiger partial charge in [0.15, 0.2) is 0 Å². The van der Waals surface area contributed by atoms with Gasteiger partial charge in [-0.05, 0) is 49.9 Å². The molecule has 2 aromatic carbocycles. The molecule has 10 nitrogen and oxygen atoms in total. The predicted octanol–water partition coefficient (Wildman–Crippen LogP) is 5.23. The van der Waals surface area contributed by atoms with Crippen LogP contribution < -0.4 is 26.2 Å². The van der Waals surface area contributed by atoms with E-state index in [-0.39, 0.29) is 28.6 Å². The highest BCUT2D eigenvalue weighted by Gasteiger charge is 2.30. The number of carbonyl (C=O) groups is 2. The van der Waals surface area contributed by atoms with E-state index in [1.165, 1.54) is 6.07 Å². The number of aromatic amines is 1. The summed E-state index contributed by atoms with van der Waals surface area (Å²) in [5.74, 6) is 0.0282. The van der Waals surface area contributed by atoms with Crippen LogP contribution in [0.25, 0.3) is 22.4 Å². The Kier molecular flexibility index (Phi) is 8.40. The molecule has 1 fully saturated rings. The van der Waals surface area contributed by atoms with E-state index < -0.39 is 11.5 Å². The lowest BCUT2D eigenvalue weighted by Crippen LogP contribution is -2.36. The maximum atomic E-state index is 12.9. The Bertz CT molecular complexity index is 1840. The topological polar surface area (TPSA) is 138 Å². The number of carbonyl (C=O) groups excluding carboxylic acids is 2. The quantitative estimate of drug-likeness (QED) is 0.209. The number of aryl methyl sites for hydroxylation is 2. The molecule has 1 saturated heterocycles. The van der Waals surface area contributed by atoms with Gasteiger partial charge < -0.3 is 20.7 Å². The van der Waals surface area contributed by atoms with Gasteiger partial charge in [-0.1, -0.05) is 53.5 Å². The third-order valence-corrected chi connectivity index (χ3v) is 8.85. The van der Waals surface area contributed by atoms with Gasteiger partial charge in [0.25, 0.3) is 11.5 Å². The monoisotopic (exact) mass is 632 g/mol. The highest BCUT2D eigenvalue weighted by atomic mass is 35.5. The third kappa shape index (κ3) is 5.80. The molecule has 2 aromatic heterocycles. The van der Waals surface area contributed by atoms with Gasteiger partial charge in [-0.25, -0.2) is 10.1 Å². The molecule has 2 amide bonds. The maximum Gasteiger partial charge on any atom is 0.277 e. The van der Waals surface area contributed by atoms with Crippen molar-refractivity contribution >= 4 is 40.7 Å². The molecule has 226 valence electrons. The van der Waals surface area contributed by atoms with Crippen molar-refractivity contribution in [1.29, 1.82) is 0 Å². The summed E-state index contributed by atoms with van der Waals surface area (Å²) >= 11 is 13.8. The van der Waals surface area contributed by atoms with Crippen molar-refractivity contribution in [2.24, 2.45) is 0 Å². The fraction of sp³-hybridized carbons (Fsp3) is 0.281. The first-order valence-corrected chi connectivity index (χ1v) is 15.0. The summed E-state index contributed by atoms with van der Waals surface area (Å²) in [5, 5.41) is 16.2. The molecule has 4 N–H and O–H groups in total. The lowest BCUT2D eigenvalue weighted by molar-refractivity contribution is -0.119. The summed E-state index contributed by atoms with van der Waals surface area (Å²) in [6.45, 7) is 2.36. The van der Waals surface area contributed by atoms with E-state index >= 15 is 0 Å². The van der Waals surface area contributed by atoms with Crippen molar-refractivity contribution in [3.63, 3.8) is 0 Å². The maximum absolute atomic E-state index is 12.9. The van der Waals surface area contributed by atoms with Gasteiger partial charge in [0, 0.05) is 47.3 Å². The molecule has 2 atom stereocenters. The Balaban J connectivity index is 1.29. The van der Waals surface area contributed by atoms with Crippen molar-refractivity contribution in [1.82, 2.24) is 25.8 Å². The van der Waals surface area contributed by atoms with Crippen LogP contribution in [0.2, 0.25) is 10.0 Å². The van der Waals surface area contributed by atoms with E-state index in [4.69, 9.17) is 32.9 Å². The number of nitrogens with one attached hydrogen (secondary N) is 4. The van der Waals surface area contributed by atoms with Crippen LogP contribution in [0.4, 0.5) is 5.69 Å². The number of amides is 2. The van der Waals surface area contributed by atoms with Gasteiger partial charge in [0.1, 0.15) is 5.56 Å². The molecule has 0 radical (unpaired) electrons. The minimum absolute atomic E-state index is 0.0709. The second-order valence-electron chi connectivity index (χ2n) is 10.9. The highest BCUT2D eigenvalue weighted by molar-refractivity contribution is 6.39. The number of aromatic nitrogens is 3. The summed E-state index contributed by atoms with van der Waals surface area (Å²) in [7, 11) is 1.61. The number of nitrogens with zero attached hydrogens (tertiary/aromatic N) is 2. The largest absolute Gasteiger partial charge is 0.481 e. The highest BCUT2D eigenvalue weighted by Crippen LogP contribution is 2.44. The number of H-pyrrole nitrogens is 1. The Morgan fingerprint density at radius 3 is 2.52 bits per heavy atom. The van der Waals surface area contributed by atoms with E-state index in [0.717, 1.165) is 30.4 Å². The molecule has 0 saturated carbocycles. The molecular formula is C32H30Cl2N6O4. The number of hydrogen-bond acceptors (Lipinski definition) is 7. The normalized spacial score (nSPS) is 17.3. The van der Waals surface area contributed by atoms with Gasteiger partial charge >= 0.3 is 0 Å². The number of rotatable bonds is 8. The van der Waals surface area contributed by atoms with Gasteiger partial charge in [-0.2, -0.15) is 5.10 Å². The Labute approximate surface area is 263 Å². The van der Waals surface area contributed by atoms with Gasteiger partial charge in [-0.15, -0.1) is 0 Å². The summed E-state index contributed by atoms with van der Waals surface area (Å²) in [4.78, 5) is 41.5. The number of halogens is 2. The van der Waals surface area contributed by atoms with Crippen molar-refractivity contribution in [2.75, 3.05) is 19.0 Å². The first-order chi connectivity index (χ1) is 21.2. The number of pyridine rings is 1. The molecule has 0 unspecified atom stereocenters. The summed E-state index contributed by atoms with van der Waals surface area (Å²) in [5.41, 5.74) is 4.96. The molecule has 1 aliphatic carbocycles. The molecular weight excluding hydrogens is 603 g/mol. The zero-order valence-corrected chi connectivity index (χ0v) is 25.6. The average Bonchev–Trinajstić information content (AvgIpc) is 3.63. The number of methoxy groups -OCH3 is 1. The van der Waals surface area contributed by atoms with E-state index in [2.05, 4.69) is 26.1 Å². The molecule has 3 heterocycles. The second-order valence-corrected chi connectivity index (χ2v) is 11.7. The molecule has 6 rings (SSSR count). The number of fused-ring (bicyclic) bond motifs is 1. The standard InChI is InChI=1S/C32H30Cl2N6O4/c1-16-13-22(31(43)40-39-16)30(42)37-24-8-4-6-20(29(24)34)19-5-3-7-21(28(19)33)25-14-17-9-11-23(27(17)32(38-25)44-2)35-15-18-10-12-26(41)36-18/h3-8,13-14,18,23,35H,9-12,15H2,1-2H3,(H,36,41)(H,37,42)(H,40,43)/t18-,23-/m0/s1. The van der Waals surface area contributed by atoms with Crippen LogP contribution in [0.5, 0.6) is 5.88 Å². The SMILES string of the molecule is COc1nc(-c2cccc(-c3cccc(NC(=O)c4cc(C)n[nH]c4=O)c3Cl)c2Cl)cc2c1[C@@H](NC[C@@H]1CCC(=O)N1)CC2. The predicted molar refractivity (Wildman–Crippen MR) is 169 cm³/mol. The minimum atomic E-state index is -0.606. The van der Waals surface area contributed by atoms with Crippen molar-refractivity contribution in [2.45, 2.75) is 44.7 Å². The van der Waals surface area contributed by atoms with Gasteiger partial charge in [0.05, 0.1) is 34.2 Å². The van der Waals surface area contributed by atoms with Gasteiger partial charge in [-0.3, -0.25) is 14.4 Å². The van der Waals surface area contributed by atoms with Crippen molar-refractivity contribution in [3.05, 3.63) is 91.3 Å². The van der Waals surface area contributed by atoms with E-state index in [0.29, 0.717) is 57.6 Å². The van der Waals surface area contributed by atoms with Crippen LogP contribution in [-0.2, 0) is 11.2 Å². The zero-order valence-electron chi connectivity index (χ0n) is 24.1. The smallest absolute Gasteiger partial charge is 0.277 e. The first-order valence-electron chi connectivity index (χ1n) is 14.3. The van der Waals surface area contributed by atoms with Crippen LogP contribution >= 0.6 is 23.2 Å². The Morgan fingerprint density at radius 2 is 1.77 bits per heavy atom. The van der Waals surface area contributed by atoms with E-state index in [1.807, 2.05) is 30.3 Å². The third-order valence-electron chi connectivity index (χ3n) is 8.04. The number of anilines is 1. The molecule has 44 heavy (non-hydrogen) atoms. The van der Waals surface area contributed by atoms with Crippen molar-refractivity contribution in [3.8, 4) is 28.3 Å². The second kappa shape index (κ2) is 12.4. The number of benzene rings is 2. The molecule has 1 aliphatic heterocycles. The first kappa shape index (κ1) is 29.8. The van der Waals surface area contributed by atoms with Crippen molar-refractivity contribution < 1.29 is 14.3 Å². The zero-order chi connectivity index (χ0) is 31.0. The molecule has 4 aromatic rings. The lowest BCUT2D eigenvalue weighted by Gasteiger charge is -2.20. The fourth-order valence-corrected chi connectivity index (χ4v) is 6.46.